The number of hydrogen-bond donors (Lipinski definition) is 1. The van der Waals surface area contributed by atoms with E-state index >= 15 is 0 Å². The Bertz CT molecular complexity index is 1090. The zero-order valence-corrected chi connectivity index (χ0v) is 16.9. The summed E-state index contributed by atoms with van der Waals surface area (Å²) in [6.45, 7) is 1.72. The summed E-state index contributed by atoms with van der Waals surface area (Å²) in [5.74, 6) is 0.0979. The maximum Gasteiger partial charge on any atom is 0.241 e. The third kappa shape index (κ3) is 4.35. The highest BCUT2D eigenvalue weighted by atomic mass is 35.5. The Morgan fingerprint density at radius 1 is 1.00 bits per heavy atom. The average molecular weight is 420 g/mol. The van der Waals surface area contributed by atoms with Gasteiger partial charge < -0.3 is 4.74 Å². The van der Waals surface area contributed by atoms with Crippen molar-refractivity contribution in [3.05, 3.63) is 83.1 Å². The highest BCUT2D eigenvalue weighted by Crippen LogP contribution is 2.32. The molecular formula is C21H19ClFNO3S. The maximum absolute atomic E-state index is 14.4. The Morgan fingerprint density at radius 3 is 2.32 bits per heavy atom. The minimum Gasteiger partial charge on any atom is -0.497 e. The van der Waals surface area contributed by atoms with E-state index in [1.165, 1.54) is 25.3 Å². The summed E-state index contributed by atoms with van der Waals surface area (Å²) in [6, 6.07) is 17.0. The molecule has 0 saturated heterocycles. The molecule has 0 bridgehead atoms. The molecule has 0 aliphatic carbocycles. The van der Waals surface area contributed by atoms with Gasteiger partial charge in [0.25, 0.3) is 0 Å². The lowest BCUT2D eigenvalue weighted by Crippen LogP contribution is -2.27. The summed E-state index contributed by atoms with van der Waals surface area (Å²) in [6.07, 6.45) is 0. The Labute approximate surface area is 169 Å². The van der Waals surface area contributed by atoms with E-state index in [9.17, 15) is 12.8 Å². The predicted molar refractivity (Wildman–Crippen MR) is 109 cm³/mol. The number of nitrogens with one attached hydrogen (secondary N) is 1. The van der Waals surface area contributed by atoms with Crippen molar-refractivity contribution in [2.45, 2.75) is 17.9 Å². The van der Waals surface area contributed by atoms with E-state index in [4.69, 9.17) is 16.3 Å². The Morgan fingerprint density at radius 2 is 1.68 bits per heavy atom. The van der Waals surface area contributed by atoms with Crippen molar-refractivity contribution in [2.24, 2.45) is 0 Å². The highest BCUT2D eigenvalue weighted by Gasteiger charge is 2.21. The molecule has 1 N–H and O–H groups in total. The summed E-state index contributed by atoms with van der Waals surface area (Å²) in [7, 11) is -2.26. The highest BCUT2D eigenvalue weighted by molar-refractivity contribution is 7.89. The molecule has 0 radical (unpaired) electrons. The molecule has 3 aromatic carbocycles. The Hall–Kier alpha value is -2.41. The van der Waals surface area contributed by atoms with Crippen LogP contribution in [0.5, 0.6) is 5.75 Å². The van der Waals surface area contributed by atoms with E-state index < -0.39 is 21.9 Å². The maximum atomic E-state index is 14.4. The lowest BCUT2D eigenvalue weighted by molar-refractivity contribution is 0.414. The number of ether oxygens (including phenoxy) is 1. The van der Waals surface area contributed by atoms with Crippen LogP contribution in [0.4, 0.5) is 4.39 Å². The fraction of sp³-hybridized carbons (Fsp3) is 0.143. The van der Waals surface area contributed by atoms with Crippen molar-refractivity contribution in [1.82, 2.24) is 4.72 Å². The van der Waals surface area contributed by atoms with E-state index in [-0.39, 0.29) is 4.90 Å². The van der Waals surface area contributed by atoms with Crippen molar-refractivity contribution in [3.8, 4) is 16.9 Å². The van der Waals surface area contributed by atoms with Gasteiger partial charge in [0.15, 0.2) is 0 Å². The topological polar surface area (TPSA) is 55.4 Å². The summed E-state index contributed by atoms with van der Waals surface area (Å²) >= 11 is 5.84. The van der Waals surface area contributed by atoms with Gasteiger partial charge in [0.2, 0.25) is 10.0 Å². The van der Waals surface area contributed by atoms with Gasteiger partial charge in [0.05, 0.1) is 12.0 Å². The minimum atomic E-state index is -3.77. The Balaban J connectivity index is 1.93. The molecule has 0 saturated carbocycles. The molecule has 0 aliphatic heterocycles. The van der Waals surface area contributed by atoms with Gasteiger partial charge >= 0.3 is 0 Å². The van der Waals surface area contributed by atoms with E-state index in [0.29, 0.717) is 27.5 Å². The molecule has 3 aromatic rings. The van der Waals surface area contributed by atoms with Crippen LogP contribution in [-0.2, 0) is 10.0 Å². The van der Waals surface area contributed by atoms with Crippen LogP contribution < -0.4 is 9.46 Å². The second-order valence-electron chi connectivity index (χ2n) is 6.23. The number of methoxy groups -OCH3 is 1. The van der Waals surface area contributed by atoms with Crippen LogP contribution >= 0.6 is 11.6 Å². The normalized spacial score (nSPS) is 12.6. The standard InChI is InChI=1S/C21H19ClFNO3S/c1-14(24-28(25,26)17-10-8-16(27-2)9-11-17)18-5-3-4-6-19(18)20-12-7-15(22)13-21(20)23/h3-14,24H,1-2H3. The molecule has 1 atom stereocenters. The van der Waals surface area contributed by atoms with Crippen LogP contribution in [0.2, 0.25) is 5.02 Å². The number of rotatable bonds is 6. The molecule has 7 heteroatoms. The molecule has 0 aliphatic rings. The molecular weight excluding hydrogens is 401 g/mol. The number of halogens is 2. The molecule has 0 fully saturated rings. The second-order valence-corrected chi connectivity index (χ2v) is 8.38. The third-order valence-corrected chi connectivity index (χ3v) is 6.14. The quantitative estimate of drug-likeness (QED) is 0.597. The second kappa shape index (κ2) is 8.31. The minimum absolute atomic E-state index is 0.121. The van der Waals surface area contributed by atoms with Gasteiger partial charge in [-0.1, -0.05) is 35.9 Å². The first-order chi connectivity index (χ1) is 13.3. The molecule has 0 heterocycles. The predicted octanol–water partition coefficient (Wildman–Crippen LogP) is 5.19. The van der Waals surface area contributed by atoms with E-state index in [1.807, 2.05) is 0 Å². The van der Waals surface area contributed by atoms with Gasteiger partial charge in [0, 0.05) is 16.6 Å². The van der Waals surface area contributed by atoms with Gasteiger partial charge in [-0.15, -0.1) is 0 Å². The average Bonchev–Trinajstić information content (AvgIpc) is 2.68. The van der Waals surface area contributed by atoms with Crippen LogP contribution in [0.3, 0.4) is 0 Å². The lowest BCUT2D eigenvalue weighted by atomic mass is 9.95. The number of benzene rings is 3. The first-order valence-corrected chi connectivity index (χ1v) is 10.4. The molecule has 0 aromatic heterocycles. The smallest absolute Gasteiger partial charge is 0.241 e. The molecule has 3 rings (SSSR count). The van der Waals surface area contributed by atoms with Crippen molar-refractivity contribution in [1.29, 1.82) is 0 Å². The fourth-order valence-corrected chi connectivity index (χ4v) is 4.33. The molecule has 1 unspecified atom stereocenters. The fourth-order valence-electron chi connectivity index (χ4n) is 2.95. The lowest BCUT2D eigenvalue weighted by Gasteiger charge is -2.19. The molecule has 0 spiro atoms. The summed E-state index contributed by atoms with van der Waals surface area (Å²) in [5, 5.41) is 0.298. The van der Waals surface area contributed by atoms with Crippen molar-refractivity contribution in [3.63, 3.8) is 0 Å². The monoisotopic (exact) mass is 419 g/mol. The number of sulfonamides is 1. The van der Waals surface area contributed by atoms with E-state index in [0.717, 1.165) is 0 Å². The molecule has 4 nitrogen and oxygen atoms in total. The van der Waals surface area contributed by atoms with Crippen molar-refractivity contribution in [2.75, 3.05) is 7.11 Å². The largest absolute Gasteiger partial charge is 0.497 e. The van der Waals surface area contributed by atoms with Gasteiger partial charge in [-0.05, 0) is 60.5 Å². The van der Waals surface area contributed by atoms with Crippen LogP contribution in [0, 0.1) is 5.82 Å². The molecule has 28 heavy (non-hydrogen) atoms. The summed E-state index contributed by atoms with van der Waals surface area (Å²) < 4.78 is 47.6. The summed E-state index contributed by atoms with van der Waals surface area (Å²) in [4.78, 5) is 0.121. The van der Waals surface area contributed by atoms with Gasteiger partial charge in [0.1, 0.15) is 11.6 Å². The Kier molecular flexibility index (Phi) is 6.03. The first-order valence-electron chi connectivity index (χ1n) is 8.52. The number of hydrogen-bond acceptors (Lipinski definition) is 3. The van der Waals surface area contributed by atoms with Gasteiger partial charge in [-0.25, -0.2) is 17.5 Å². The van der Waals surface area contributed by atoms with Crippen molar-refractivity contribution >= 4 is 21.6 Å². The van der Waals surface area contributed by atoms with Crippen LogP contribution in [0.25, 0.3) is 11.1 Å². The SMILES string of the molecule is COc1ccc(S(=O)(=O)NC(C)c2ccccc2-c2ccc(Cl)cc2F)cc1. The molecule has 0 amide bonds. The van der Waals surface area contributed by atoms with Gasteiger partial charge in [-0.3, -0.25) is 0 Å². The van der Waals surface area contributed by atoms with Gasteiger partial charge in [-0.2, -0.15) is 0 Å². The van der Waals surface area contributed by atoms with Crippen molar-refractivity contribution < 1.29 is 17.5 Å². The molecule has 146 valence electrons. The zero-order chi connectivity index (χ0) is 20.3. The third-order valence-electron chi connectivity index (χ3n) is 4.35. The van der Waals surface area contributed by atoms with Crippen LogP contribution in [0.15, 0.2) is 71.6 Å². The zero-order valence-electron chi connectivity index (χ0n) is 15.3. The van der Waals surface area contributed by atoms with Crippen LogP contribution in [0.1, 0.15) is 18.5 Å². The first kappa shape index (κ1) is 20.3. The summed E-state index contributed by atoms with van der Waals surface area (Å²) in [5.41, 5.74) is 1.61. The van der Waals surface area contributed by atoms with E-state index in [2.05, 4.69) is 4.72 Å². The van der Waals surface area contributed by atoms with E-state index in [1.54, 1.807) is 55.5 Å². The van der Waals surface area contributed by atoms with Crippen LogP contribution in [-0.4, -0.2) is 15.5 Å².